The maximum Gasteiger partial charge on any atom is 0.416 e. The number of alkyl halides is 3. The molecule has 0 heterocycles. The Morgan fingerprint density at radius 3 is 2.24 bits per heavy atom. The van der Waals surface area contributed by atoms with Crippen LogP contribution in [0.5, 0.6) is 5.75 Å². The van der Waals surface area contributed by atoms with Crippen molar-refractivity contribution in [2.75, 3.05) is 5.32 Å². The predicted molar refractivity (Wildman–Crippen MR) is 75.2 cm³/mol. The van der Waals surface area contributed by atoms with Crippen LogP contribution in [0.3, 0.4) is 0 Å². The summed E-state index contributed by atoms with van der Waals surface area (Å²) in [5.41, 5.74) is -0.368. The molecule has 2 aromatic rings. The molecule has 0 unspecified atom stereocenters. The number of phenolic OH excluding ortho intramolecular Hbond substituents is 1. The lowest BCUT2D eigenvalue weighted by Crippen LogP contribution is -2.12. The fourth-order valence-electron chi connectivity index (χ4n) is 1.60. The zero-order chi connectivity index (χ0) is 15.6. The van der Waals surface area contributed by atoms with Crippen molar-refractivity contribution < 1.29 is 23.1 Å². The van der Waals surface area contributed by atoms with E-state index in [0.717, 1.165) is 12.1 Å². The molecular weight excluding hydrogens is 351 g/mol. The molecule has 0 radical (unpaired) electrons. The summed E-state index contributed by atoms with van der Waals surface area (Å²) in [7, 11) is 0. The molecule has 110 valence electrons. The van der Waals surface area contributed by atoms with Crippen LogP contribution in [0.4, 0.5) is 18.9 Å². The van der Waals surface area contributed by atoms with Gasteiger partial charge in [0, 0.05) is 11.3 Å². The molecule has 1 amide bonds. The van der Waals surface area contributed by atoms with Gasteiger partial charge in [0.1, 0.15) is 5.75 Å². The quantitative estimate of drug-likeness (QED) is 0.833. The van der Waals surface area contributed by atoms with Gasteiger partial charge >= 0.3 is 6.18 Å². The van der Waals surface area contributed by atoms with Gasteiger partial charge in [-0.15, -0.1) is 0 Å². The van der Waals surface area contributed by atoms with E-state index in [4.69, 9.17) is 0 Å². The summed E-state index contributed by atoms with van der Waals surface area (Å²) in [5.74, 6) is -0.632. The molecule has 2 N–H and O–H groups in total. The number of benzene rings is 2. The van der Waals surface area contributed by atoms with Crippen molar-refractivity contribution in [2.45, 2.75) is 6.18 Å². The standard InChI is InChI=1S/C14H9BrF3NO2/c15-11-6-1-8(7-12(11)20)13(21)19-10-4-2-9(3-5-10)14(16,17)18/h1-7,20H,(H,19,21). The molecule has 0 aliphatic carbocycles. The van der Waals surface area contributed by atoms with E-state index in [-0.39, 0.29) is 17.0 Å². The smallest absolute Gasteiger partial charge is 0.416 e. The van der Waals surface area contributed by atoms with Crippen molar-refractivity contribution in [3.8, 4) is 5.75 Å². The summed E-state index contributed by atoms with van der Waals surface area (Å²) < 4.78 is 37.7. The average molecular weight is 360 g/mol. The summed E-state index contributed by atoms with van der Waals surface area (Å²) in [5, 5.41) is 11.9. The second-order valence-electron chi connectivity index (χ2n) is 4.20. The predicted octanol–water partition coefficient (Wildman–Crippen LogP) is 4.43. The van der Waals surface area contributed by atoms with Crippen LogP contribution < -0.4 is 5.32 Å². The summed E-state index contributed by atoms with van der Waals surface area (Å²) in [6, 6.07) is 8.33. The lowest BCUT2D eigenvalue weighted by atomic mass is 10.1. The van der Waals surface area contributed by atoms with Gasteiger partial charge in [-0.3, -0.25) is 4.79 Å². The first-order chi connectivity index (χ1) is 9.77. The summed E-state index contributed by atoms with van der Waals surface area (Å²) in [4.78, 5) is 11.9. The number of aromatic hydroxyl groups is 1. The van der Waals surface area contributed by atoms with Crippen LogP contribution in [0.2, 0.25) is 0 Å². The maximum atomic E-state index is 12.4. The second kappa shape index (κ2) is 5.77. The number of hydrogen-bond acceptors (Lipinski definition) is 2. The number of rotatable bonds is 2. The van der Waals surface area contributed by atoms with Crippen molar-refractivity contribution in [1.29, 1.82) is 0 Å². The van der Waals surface area contributed by atoms with Gasteiger partial charge in [0.25, 0.3) is 5.91 Å². The Morgan fingerprint density at radius 2 is 1.71 bits per heavy atom. The molecule has 0 saturated carbocycles. The van der Waals surface area contributed by atoms with Gasteiger partial charge in [-0.2, -0.15) is 13.2 Å². The van der Waals surface area contributed by atoms with Gasteiger partial charge in [0.15, 0.2) is 0 Å². The molecule has 0 aliphatic heterocycles. The first kappa shape index (κ1) is 15.4. The van der Waals surface area contributed by atoms with Gasteiger partial charge in [-0.05, 0) is 58.4 Å². The molecule has 0 aliphatic rings. The molecule has 2 aromatic carbocycles. The highest BCUT2D eigenvalue weighted by Crippen LogP contribution is 2.30. The van der Waals surface area contributed by atoms with Crippen LogP contribution >= 0.6 is 15.9 Å². The Labute approximate surface area is 126 Å². The number of phenols is 1. The van der Waals surface area contributed by atoms with Crippen molar-refractivity contribution in [3.05, 3.63) is 58.1 Å². The Bertz CT molecular complexity index is 669. The molecule has 2 rings (SSSR count). The van der Waals surface area contributed by atoms with Crippen LogP contribution in [0.25, 0.3) is 0 Å². The highest BCUT2D eigenvalue weighted by molar-refractivity contribution is 9.10. The number of halogens is 4. The fraction of sp³-hybridized carbons (Fsp3) is 0.0714. The number of anilines is 1. The van der Waals surface area contributed by atoms with E-state index in [1.165, 1.54) is 30.3 Å². The van der Waals surface area contributed by atoms with E-state index in [9.17, 15) is 23.1 Å². The van der Waals surface area contributed by atoms with E-state index in [1.807, 2.05) is 0 Å². The minimum absolute atomic E-state index is 0.102. The van der Waals surface area contributed by atoms with Crippen LogP contribution in [-0.4, -0.2) is 11.0 Å². The number of nitrogens with one attached hydrogen (secondary N) is 1. The lowest BCUT2D eigenvalue weighted by molar-refractivity contribution is -0.137. The van der Waals surface area contributed by atoms with Crippen molar-refractivity contribution in [2.24, 2.45) is 0 Å². The highest BCUT2D eigenvalue weighted by atomic mass is 79.9. The number of hydrogen-bond donors (Lipinski definition) is 2. The van der Waals surface area contributed by atoms with Crippen molar-refractivity contribution >= 4 is 27.5 Å². The average Bonchev–Trinajstić information content (AvgIpc) is 2.41. The molecule has 3 nitrogen and oxygen atoms in total. The normalized spacial score (nSPS) is 11.2. The largest absolute Gasteiger partial charge is 0.507 e. The zero-order valence-electron chi connectivity index (χ0n) is 10.4. The Balaban J connectivity index is 2.14. The molecule has 0 bridgehead atoms. The number of carbonyl (C=O) groups is 1. The first-order valence-electron chi connectivity index (χ1n) is 5.74. The monoisotopic (exact) mass is 359 g/mol. The molecular formula is C14H9BrF3NO2. The van der Waals surface area contributed by atoms with Crippen molar-refractivity contribution in [3.63, 3.8) is 0 Å². The van der Waals surface area contributed by atoms with Gasteiger partial charge < -0.3 is 10.4 Å². The van der Waals surface area contributed by atoms with E-state index >= 15 is 0 Å². The third-order valence-electron chi connectivity index (χ3n) is 2.68. The lowest BCUT2D eigenvalue weighted by Gasteiger charge is -2.09. The van der Waals surface area contributed by atoms with E-state index < -0.39 is 17.6 Å². The minimum Gasteiger partial charge on any atom is -0.507 e. The molecule has 7 heteroatoms. The summed E-state index contributed by atoms with van der Waals surface area (Å²) in [6.07, 6.45) is -4.42. The third-order valence-corrected chi connectivity index (χ3v) is 3.35. The Hall–Kier alpha value is -2.02. The molecule has 0 fully saturated rings. The van der Waals surface area contributed by atoms with Gasteiger partial charge in [-0.1, -0.05) is 0 Å². The van der Waals surface area contributed by atoms with E-state index in [2.05, 4.69) is 21.2 Å². The molecule has 0 atom stereocenters. The zero-order valence-corrected chi connectivity index (χ0v) is 12.0. The fourth-order valence-corrected chi connectivity index (χ4v) is 1.85. The highest BCUT2D eigenvalue weighted by Gasteiger charge is 2.29. The topological polar surface area (TPSA) is 49.3 Å². The summed E-state index contributed by atoms with van der Waals surface area (Å²) in [6.45, 7) is 0. The summed E-state index contributed by atoms with van der Waals surface area (Å²) >= 11 is 3.08. The Morgan fingerprint density at radius 1 is 1.10 bits per heavy atom. The Kier molecular flexibility index (Phi) is 4.22. The van der Waals surface area contributed by atoms with Crippen molar-refractivity contribution in [1.82, 2.24) is 0 Å². The second-order valence-corrected chi connectivity index (χ2v) is 5.05. The molecule has 0 saturated heterocycles. The van der Waals surface area contributed by atoms with Crippen LogP contribution in [0.15, 0.2) is 46.9 Å². The maximum absolute atomic E-state index is 12.4. The van der Waals surface area contributed by atoms with Gasteiger partial charge in [0.05, 0.1) is 10.0 Å². The van der Waals surface area contributed by atoms with Gasteiger partial charge in [-0.25, -0.2) is 0 Å². The number of amides is 1. The minimum atomic E-state index is -4.42. The molecule has 21 heavy (non-hydrogen) atoms. The molecule has 0 spiro atoms. The third kappa shape index (κ3) is 3.75. The van der Waals surface area contributed by atoms with Gasteiger partial charge in [0.2, 0.25) is 0 Å². The van der Waals surface area contributed by atoms with Crippen LogP contribution in [0, 0.1) is 0 Å². The van der Waals surface area contributed by atoms with E-state index in [1.54, 1.807) is 0 Å². The molecule has 0 aromatic heterocycles. The van der Waals surface area contributed by atoms with Crippen LogP contribution in [-0.2, 0) is 6.18 Å². The number of carbonyl (C=O) groups excluding carboxylic acids is 1. The first-order valence-corrected chi connectivity index (χ1v) is 6.54. The van der Waals surface area contributed by atoms with Crippen LogP contribution in [0.1, 0.15) is 15.9 Å². The SMILES string of the molecule is O=C(Nc1ccc(C(F)(F)F)cc1)c1ccc(Br)c(O)c1. The van der Waals surface area contributed by atoms with E-state index in [0.29, 0.717) is 4.47 Å².